The Labute approximate surface area is 197 Å². The second-order valence-electron chi connectivity index (χ2n) is 6.84. The van der Waals surface area contributed by atoms with Crippen LogP contribution < -0.4 is 14.8 Å². The highest BCUT2D eigenvalue weighted by Crippen LogP contribution is 2.34. The summed E-state index contributed by atoms with van der Waals surface area (Å²) in [6.07, 6.45) is 4.21. The molecule has 0 aliphatic carbocycles. The molecule has 3 rings (SSSR count). The van der Waals surface area contributed by atoms with Crippen molar-refractivity contribution in [2.24, 2.45) is 0 Å². The van der Waals surface area contributed by atoms with Crippen molar-refractivity contribution in [3.8, 4) is 11.5 Å². The number of thioether (sulfide) groups is 1. The summed E-state index contributed by atoms with van der Waals surface area (Å²) in [5.41, 5.74) is 2.59. The third kappa shape index (κ3) is 5.57. The van der Waals surface area contributed by atoms with Gasteiger partial charge in [0.25, 0.3) is 11.8 Å². The first-order valence-corrected chi connectivity index (χ1v) is 11.2. The van der Waals surface area contributed by atoms with Gasteiger partial charge in [-0.05, 0) is 41.8 Å². The van der Waals surface area contributed by atoms with Crippen LogP contribution in [0.1, 0.15) is 18.1 Å². The Morgan fingerprint density at radius 2 is 2.03 bits per heavy atom. The predicted molar refractivity (Wildman–Crippen MR) is 133 cm³/mol. The van der Waals surface area contributed by atoms with Crippen LogP contribution in [-0.4, -0.2) is 41.3 Å². The lowest BCUT2D eigenvalue weighted by Crippen LogP contribution is -2.27. The molecule has 0 radical (unpaired) electrons. The van der Waals surface area contributed by atoms with Gasteiger partial charge in [-0.2, -0.15) is 0 Å². The summed E-state index contributed by atoms with van der Waals surface area (Å²) in [5, 5.41) is 2.87. The Bertz CT molecular complexity index is 1080. The first kappa shape index (κ1) is 23.6. The molecule has 1 heterocycles. The van der Waals surface area contributed by atoms with E-state index in [1.54, 1.807) is 30.4 Å². The standard InChI is InChI=1S/C24H24N2O4S2/c1-4-12-26-23(28)21(32-24(26)31)14-16-10-11-19(20(13-16)29-3)30-15-22(27)25-18-9-7-6-8-17(18)5-2/h4,6-11,13-14H,1,5,12,15H2,2-3H3,(H,25,27)/b21-14-. The van der Waals surface area contributed by atoms with Gasteiger partial charge in [-0.3, -0.25) is 14.5 Å². The van der Waals surface area contributed by atoms with E-state index in [0.29, 0.717) is 27.3 Å². The van der Waals surface area contributed by atoms with Crippen LogP contribution >= 0.6 is 24.0 Å². The number of para-hydroxylation sites is 1. The molecule has 1 aliphatic rings. The summed E-state index contributed by atoms with van der Waals surface area (Å²) >= 11 is 6.51. The lowest BCUT2D eigenvalue weighted by Gasteiger charge is -2.13. The van der Waals surface area contributed by atoms with Crippen LogP contribution in [0.3, 0.4) is 0 Å². The fourth-order valence-corrected chi connectivity index (χ4v) is 4.39. The largest absolute Gasteiger partial charge is 0.493 e. The number of rotatable bonds is 9. The first-order valence-electron chi connectivity index (χ1n) is 10.0. The number of nitrogens with one attached hydrogen (secondary N) is 1. The maximum absolute atomic E-state index is 12.5. The Kier molecular flexibility index (Phi) is 8.08. The number of hydrogen-bond donors (Lipinski definition) is 1. The first-order chi connectivity index (χ1) is 15.5. The SMILES string of the molecule is C=CCN1C(=O)/C(=C/c2ccc(OCC(=O)Nc3ccccc3CC)c(OC)c2)SC1=S. The van der Waals surface area contributed by atoms with Crippen molar-refractivity contribution < 1.29 is 19.1 Å². The van der Waals surface area contributed by atoms with E-state index in [1.165, 1.54) is 23.8 Å². The Morgan fingerprint density at radius 3 is 2.75 bits per heavy atom. The average Bonchev–Trinajstić information content (AvgIpc) is 3.06. The molecule has 8 heteroatoms. The van der Waals surface area contributed by atoms with E-state index in [2.05, 4.69) is 11.9 Å². The molecule has 0 saturated carbocycles. The number of thiocarbonyl (C=S) groups is 1. The van der Waals surface area contributed by atoms with Crippen molar-refractivity contribution in [2.75, 3.05) is 25.6 Å². The van der Waals surface area contributed by atoms with E-state index < -0.39 is 0 Å². The number of carbonyl (C=O) groups excluding carboxylic acids is 2. The minimum atomic E-state index is -0.261. The van der Waals surface area contributed by atoms with Gasteiger partial charge in [0.15, 0.2) is 18.1 Å². The molecule has 2 aromatic rings. The van der Waals surface area contributed by atoms with Crippen LogP contribution in [0.15, 0.2) is 60.0 Å². The average molecular weight is 469 g/mol. The van der Waals surface area contributed by atoms with E-state index in [0.717, 1.165) is 23.2 Å². The minimum absolute atomic E-state index is 0.150. The molecule has 0 bridgehead atoms. The molecular formula is C24H24N2O4S2. The molecule has 2 aromatic carbocycles. The quantitative estimate of drug-likeness (QED) is 0.328. The molecule has 0 atom stereocenters. The summed E-state index contributed by atoms with van der Waals surface area (Å²) < 4.78 is 11.6. The molecule has 1 aliphatic heterocycles. The summed E-state index contributed by atoms with van der Waals surface area (Å²) in [7, 11) is 1.52. The Balaban J connectivity index is 1.68. The van der Waals surface area contributed by atoms with Crippen molar-refractivity contribution in [3.05, 3.63) is 71.2 Å². The molecule has 0 unspecified atom stereocenters. The molecule has 0 spiro atoms. The molecule has 6 nitrogen and oxygen atoms in total. The molecule has 2 amide bonds. The number of aryl methyl sites for hydroxylation is 1. The molecular weight excluding hydrogens is 444 g/mol. The number of carbonyl (C=O) groups is 2. The van der Waals surface area contributed by atoms with E-state index in [1.807, 2.05) is 31.2 Å². The fraction of sp³-hybridized carbons (Fsp3) is 0.208. The van der Waals surface area contributed by atoms with E-state index in [9.17, 15) is 9.59 Å². The Morgan fingerprint density at radius 1 is 1.25 bits per heavy atom. The zero-order valence-corrected chi connectivity index (χ0v) is 19.6. The van der Waals surface area contributed by atoms with Crippen molar-refractivity contribution in [2.45, 2.75) is 13.3 Å². The fourth-order valence-electron chi connectivity index (χ4n) is 3.11. The normalized spacial score (nSPS) is 14.6. The van der Waals surface area contributed by atoms with Crippen LogP contribution in [0.5, 0.6) is 11.5 Å². The third-order valence-electron chi connectivity index (χ3n) is 4.70. The van der Waals surface area contributed by atoms with Crippen molar-refractivity contribution in [1.29, 1.82) is 0 Å². The summed E-state index contributed by atoms with van der Waals surface area (Å²) in [4.78, 5) is 26.9. The lowest BCUT2D eigenvalue weighted by atomic mass is 10.1. The van der Waals surface area contributed by atoms with Gasteiger partial charge >= 0.3 is 0 Å². The van der Waals surface area contributed by atoms with Crippen molar-refractivity contribution in [1.82, 2.24) is 4.90 Å². The highest BCUT2D eigenvalue weighted by Gasteiger charge is 2.31. The second-order valence-corrected chi connectivity index (χ2v) is 8.51. The predicted octanol–water partition coefficient (Wildman–Crippen LogP) is 4.66. The van der Waals surface area contributed by atoms with Crippen LogP contribution in [0.25, 0.3) is 6.08 Å². The number of anilines is 1. The molecule has 1 N–H and O–H groups in total. The number of amides is 2. The van der Waals surface area contributed by atoms with Gasteiger partial charge in [0.2, 0.25) is 0 Å². The lowest BCUT2D eigenvalue weighted by molar-refractivity contribution is -0.121. The third-order valence-corrected chi connectivity index (χ3v) is 6.08. The minimum Gasteiger partial charge on any atom is -0.493 e. The highest BCUT2D eigenvalue weighted by atomic mass is 32.2. The summed E-state index contributed by atoms with van der Waals surface area (Å²) in [6, 6.07) is 12.9. The van der Waals surface area contributed by atoms with Gasteiger partial charge in [0.1, 0.15) is 4.32 Å². The van der Waals surface area contributed by atoms with Gasteiger partial charge in [0, 0.05) is 12.2 Å². The van der Waals surface area contributed by atoms with Crippen molar-refractivity contribution in [3.63, 3.8) is 0 Å². The van der Waals surface area contributed by atoms with E-state index in [-0.39, 0.29) is 18.4 Å². The van der Waals surface area contributed by atoms with Crippen LogP contribution in [0.4, 0.5) is 5.69 Å². The number of benzene rings is 2. The molecule has 1 fully saturated rings. The van der Waals surface area contributed by atoms with Crippen LogP contribution in [0.2, 0.25) is 0 Å². The van der Waals surface area contributed by atoms with E-state index in [4.69, 9.17) is 21.7 Å². The number of hydrogen-bond acceptors (Lipinski definition) is 6. The van der Waals surface area contributed by atoms with Gasteiger partial charge in [-0.1, -0.05) is 61.2 Å². The van der Waals surface area contributed by atoms with E-state index >= 15 is 0 Å². The van der Waals surface area contributed by atoms with Gasteiger partial charge in [-0.25, -0.2) is 0 Å². The molecule has 166 valence electrons. The number of nitrogens with zero attached hydrogens (tertiary/aromatic N) is 1. The maximum Gasteiger partial charge on any atom is 0.266 e. The zero-order chi connectivity index (χ0) is 23.1. The molecule has 32 heavy (non-hydrogen) atoms. The zero-order valence-electron chi connectivity index (χ0n) is 17.9. The van der Waals surface area contributed by atoms with Gasteiger partial charge < -0.3 is 14.8 Å². The second kappa shape index (κ2) is 11.0. The maximum atomic E-state index is 12.5. The highest BCUT2D eigenvalue weighted by molar-refractivity contribution is 8.26. The number of ether oxygens (including phenoxy) is 2. The topological polar surface area (TPSA) is 67.9 Å². The summed E-state index contributed by atoms with van der Waals surface area (Å²) in [5.74, 6) is 0.482. The van der Waals surface area contributed by atoms with Crippen LogP contribution in [-0.2, 0) is 16.0 Å². The number of methoxy groups -OCH3 is 1. The van der Waals surface area contributed by atoms with Gasteiger partial charge in [-0.15, -0.1) is 6.58 Å². The van der Waals surface area contributed by atoms with Gasteiger partial charge in [0.05, 0.1) is 12.0 Å². The molecule has 1 saturated heterocycles. The van der Waals surface area contributed by atoms with Crippen molar-refractivity contribution >= 4 is 51.9 Å². The summed E-state index contributed by atoms with van der Waals surface area (Å²) in [6.45, 7) is 5.91. The Hall–Kier alpha value is -3.10. The monoisotopic (exact) mass is 468 g/mol. The molecule has 0 aromatic heterocycles. The smallest absolute Gasteiger partial charge is 0.266 e. The van der Waals surface area contributed by atoms with Crippen LogP contribution in [0, 0.1) is 0 Å².